The van der Waals surface area contributed by atoms with Gasteiger partial charge in [-0.2, -0.15) is 4.98 Å². The van der Waals surface area contributed by atoms with Gasteiger partial charge in [0.2, 0.25) is 17.6 Å². The molecule has 5 rings (SSSR count). The molecule has 0 saturated carbocycles. The second-order valence-electron chi connectivity index (χ2n) is 8.96. The number of likely N-dealkylation sites (tertiary alicyclic amines) is 1. The van der Waals surface area contributed by atoms with Gasteiger partial charge in [-0.25, -0.2) is 0 Å². The Morgan fingerprint density at radius 2 is 1.86 bits per heavy atom. The molecule has 1 amide bonds. The highest BCUT2D eigenvalue weighted by atomic mass is 32.1. The molecular formula is C28H30N4O2S. The molecule has 0 bridgehead atoms. The van der Waals surface area contributed by atoms with Gasteiger partial charge in [-0.3, -0.25) is 9.69 Å². The van der Waals surface area contributed by atoms with Crippen LogP contribution in [0.5, 0.6) is 0 Å². The minimum atomic E-state index is 0.0266. The number of nitrogens with zero attached hydrogens (tertiary/aromatic N) is 3. The zero-order valence-corrected chi connectivity index (χ0v) is 20.6. The molecule has 6 nitrogen and oxygen atoms in total. The van der Waals surface area contributed by atoms with Crippen LogP contribution in [0.15, 0.2) is 70.6 Å². The monoisotopic (exact) mass is 486 g/mol. The van der Waals surface area contributed by atoms with Crippen molar-refractivity contribution in [3.05, 3.63) is 83.1 Å². The second-order valence-corrected chi connectivity index (χ2v) is 9.90. The highest BCUT2D eigenvalue weighted by molar-refractivity contribution is 7.13. The van der Waals surface area contributed by atoms with E-state index in [9.17, 15) is 4.79 Å². The average Bonchev–Trinajstić information content (AvgIpc) is 3.67. The van der Waals surface area contributed by atoms with E-state index in [1.165, 1.54) is 37.1 Å². The zero-order chi connectivity index (χ0) is 23.9. The lowest BCUT2D eigenvalue weighted by Crippen LogP contribution is -2.22. The van der Waals surface area contributed by atoms with Crippen LogP contribution >= 0.6 is 11.3 Å². The standard InChI is InChI=1S/C28H30N4O2S/c33-26(10-5-11-27-30-28(31-34-27)25-9-6-18-35-25)29-19-23-7-1-2-8-24(23)22-14-12-21(13-15-22)20-32-16-3-4-17-32/h1-2,6-9,12-15,18H,3-5,10-11,16-17,19-20H2,(H,29,33). The van der Waals surface area contributed by atoms with Gasteiger partial charge in [0.05, 0.1) is 4.88 Å². The van der Waals surface area contributed by atoms with Gasteiger partial charge in [0.15, 0.2) is 0 Å². The summed E-state index contributed by atoms with van der Waals surface area (Å²) in [5.74, 6) is 1.21. The number of carbonyl (C=O) groups is 1. The topological polar surface area (TPSA) is 71.3 Å². The second kappa shape index (κ2) is 11.4. The van der Waals surface area contributed by atoms with Crippen LogP contribution in [-0.4, -0.2) is 34.0 Å². The van der Waals surface area contributed by atoms with Crippen molar-refractivity contribution in [2.24, 2.45) is 0 Å². The molecule has 3 heterocycles. The smallest absolute Gasteiger partial charge is 0.226 e. The lowest BCUT2D eigenvalue weighted by atomic mass is 9.98. The van der Waals surface area contributed by atoms with Crippen molar-refractivity contribution in [2.45, 2.75) is 45.2 Å². The van der Waals surface area contributed by atoms with Gasteiger partial charge in [0.1, 0.15) is 0 Å². The van der Waals surface area contributed by atoms with Gasteiger partial charge >= 0.3 is 0 Å². The Labute approximate surface area is 210 Å². The molecule has 0 radical (unpaired) electrons. The molecule has 1 fully saturated rings. The van der Waals surface area contributed by atoms with Crippen LogP contribution in [0.4, 0.5) is 0 Å². The van der Waals surface area contributed by atoms with Gasteiger partial charge in [-0.1, -0.05) is 59.8 Å². The summed E-state index contributed by atoms with van der Waals surface area (Å²) < 4.78 is 5.32. The van der Waals surface area contributed by atoms with Crippen molar-refractivity contribution in [2.75, 3.05) is 13.1 Å². The molecule has 7 heteroatoms. The Kier molecular flexibility index (Phi) is 7.66. The van der Waals surface area contributed by atoms with E-state index >= 15 is 0 Å². The minimum Gasteiger partial charge on any atom is -0.352 e. The first-order valence-electron chi connectivity index (χ1n) is 12.3. The van der Waals surface area contributed by atoms with Crippen LogP contribution in [0.25, 0.3) is 21.8 Å². The molecule has 1 saturated heterocycles. The molecule has 180 valence electrons. The number of nitrogens with one attached hydrogen (secondary N) is 1. The minimum absolute atomic E-state index is 0.0266. The first-order valence-corrected chi connectivity index (χ1v) is 13.2. The summed E-state index contributed by atoms with van der Waals surface area (Å²) in [4.78, 5) is 20.4. The molecule has 0 unspecified atom stereocenters. The zero-order valence-electron chi connectivity index (χ0n) is 19.8. The molecule has 0 spiro atoms. The first-order chi connectivity index (χ1) is 17.2. The van der Waals surface area contributed by atoms with Crippen LogP contribution in [0.2, 0.25) is 0 Å². The number of carbonyl (C=O) groups excluding carboxylic acids is 1. The summed E-state index contributed by atoms with van der Waals surface area (Å²) in [6.45, 7) is 3.94. The van der Waals surface area contributed by atoms with Crippen molar-refractivity contribution in [1.29, 1.82) is 0 Å². The molecule has 35 heavy (non-hydrogen) atoms. The van der Waals surface area contributed by atoms with Crippen LogP contribution in [0.3, 0.4) is 0 Å². The maximum atomic E-state index is 12.5. The van der Waals surface area contributed by atoms with Crippen molar-refractivity contribution in [3.63, 3.8) is 0 Å². The summed E-state index contributed by atoms with van der Waals surface area (Å²) in [7, 11) is 0. The van der Waals surface area contributed by atoms with Crippen LogP contribution in [0.1, 0.15) is 42.7 Å². The van der Waals surface area contributed by atoms with Gasteiger partial charge in [-0.15, -0.1) is 11.3 Å². The highest BCUT2D eigenvalue weighted by Crippen LogP contribution is 2.25. The van der Waals surface area contributed by atoms with E-state index in [1.54, 1.807) is 11.3 Å². The summed E-state index contributed by atoms with van der Waals surface area (Å²) in [5.41, 5.74) is 4.81. The number of aryl methyl sites for hydroxylation is 1. The number of amides is 1. The van der Waals surface area contributed by atoms with Crippen molar-refractivity contribution < 1.29 is 9.32 Å². The van der Waals surface area contributed by atoms with Crippen LogP contribution in [-0.2, 0) is 24.3 Å². The van der Waals surface area contributed by atoms with E-state index in [4.69, 9.17) is 4.52 Å². The normalized spacial score (nSPS) is 13.8. The number of hydrogen-bond donors (Lipinski definition) is 1. The highest BCUT2D eigenvalue weighted by Gasteiger charge is 2.13. The van der Waals surface area contributed by atoms with Gasteiger partial charge in [-0.05, 0) is 66.1 Å². The van der Waals surface area contributed by atoms with Crippen LogP contribution < -0.4 is 5.32 Å². The quantitative estimate of drug-likeness (QED) is 0.311. The summed E-state index contributed by atoms with van der Waals surface area (Å²) in [6, 6.07) is 21.0. The lowest BCUT2D eigenvalue weighted by Gasteiger charge is -2.15. The third kappa shape index (κ3) is 6.24. The molecule has 1 aliphatic heterocycles. The van der Waals surface area contributed by atoms with Crippen molar-refractivity contribution >= 4 is 17.2 Å². The number of rotatable bonds is 10. The number of hydrogen-bond acceptors (Lipinski definition) is 6. The molecular weight excluding hydrogens is 456 g/mol. The largest absolute Gasteiger partial charge is 0.352 e. The molecule has 4 aromatic rings. The fourth-order valence-corrected chi connectivity index (χ4v) is 5.14. The fourth-order valence-electron chi connectivity index (χ4n) is 4.49. The van der Waals surface area contributed by atoms with Crippen molar-refractivity contribution in [1.82, 2.24) is 20.4 Å². The SMILES string of the molecule is O=C(CCCc1nc(-c2cccs2)no1)NCc1ccccc1-c1ccc(CN2CCCC2)cc1. The molecule has 1 N–H and O–H groups in total. The predicted octanol–water partition coefficient (Wildman–Crippen LogP) is 5.70. The van der Waals surface area contributed by atoms with Crippen LogP contribution in [0, 0.1) is 0 Å². The number of aromatic nitrogens is 2. The summed E-state index contributed by atoms with van der Waals surface area (Å²) in [5, 5.41) is 9.08. The average molecular weight is 487 g/mol. The Hall–Kier alpha value is -3.29. The Morgan fingerprint density at radius 3 is 2.66 bits per heavy atom. The summed E-state index contributed by atoms with van der Waals surface area (Å²) >= 11 is 1.58. The van der Waals surface area contributed by atoms with E-state index in [0.717, 1.165) is 22.5 Å². The van der Waals surface area contributed by atoms with E-state index in [2.05, 4.69) is 56.8 Å². The lowest BCUT2D eigenvalue weighted by molar-refractivity contribution is -0.121. The Balaban J connectivity index is 1.11. The Morgan fingerprint density at radius 1 is 1.03 bits per heavy atom. The van der Waals surface area contributed by atoms with E-state index < -0.39 is 0 Å². The summed E-state index contributed by atoms with van der Waals surface area (Å²) in [6.07, 6.45) is 4.30. The number of benzene rings is 2. The first kappa shape index (κ1) is 23.5. The molecule has 2 aromatic heterocycles. The van der Waals surface area contributed by atoms with Gasteiger partial charge < -0.3 is 9.84 Å². The third-order valence-electron chi connectivity index (χ3n) is 6.37. The maximum absolute atomic E-state index is 12.5. The predicted molar refractivity (Wildman–Crippen MR) is 139 cm³/mol. The van der Waals surface area contributed by atoms with E-state index in [1.807, 2.05) is 29.6 Å². The molecule has 0 aliphatic carbocycles. The fraction of sp³-hybridized carbons (Fsp3) is 0.321. The Bertz CT molecular complexity index is 1230. The third-order valence-corrected chi connectivity index (χ3v) is 7.23. The van der Waals surface area contributed by atoms with E-state index in [0.29, 0.717) is 37.5 Å². The molecule has 0 atom stereocenters. The molecule has 1 aliphatic rings. The number of thiophene rings is 1. The van der Waals surface area contributed by atoms with E-state index in [-0.39, 0.29) is 5.91 Å². The van der Waals surface area contributed by atoms with Crippen molar-refractivity contribution in [3.8, 4) is 21.8 Å². The van der Waals surface area contributed by atoms with Gasteiger partial charge in [0.25, 0.3) is 0 Å². The maximum Gasteiger partial charge on any atom is 0.226 e. The van der Waals surface area contributed by atoms with Gasteiger partial charge in [0, 0.05) is 25.9 Å². The molecule has 2 aromatic carbocycles.